The van der Waals surface area contributed by atoms with Crippen LogP contribution >= 0.6 is 23.2 Å². The second-order valence-electron chi connectivity index (χ2n) is 6.47. The van der Waals surface area contributed by atoms with Crippen molar-refractivity contribution in [2.24, 2.45) is 5.10 Å². The molecule has 1 amide bonds. The summed E-state index contributed by atoms with van der Waals surface area (Å²) in [5, 5.41) is 14.3. The van der Waals surface area contributed by atoms with E-state index >= 15 is 0 Å². The Balaban J connectivity index is 1.79. The maximum absolute atomic E-state index is 12.3. The second-order valence-corrected chi connectivity index (χ2v) is 7.28. The monoisotopic (exact) mass is 424 g/mol. The summed E-state index contributed by atoms with van der Waals surface area (Å²) in [5.74, 6) is -1.40. The van der Waals surface area contributed by atoms with Gasteiger partial charge < -0.3 is 4.57 Å². The molecule has 0 fully saturated rings. The van der Waals surface area contributed by atoms with Crippen molar-refractivity contribution >= 4 is 35.3 Å². The van der Waals surface area contributed by atoms with Crippen LogP contribution < -0.4 is 5.43 Å². The number of rotatable bonds is 5. The Morgan fingerprint density at radius 1 is 1.14 bits per heavy atom. The van der Waals surface area contributed by atoms with E-state index in [1.54, 1.807) is 42.6 Å². The molecule has 7 heteroatoms. The molecule has 0 aliphatic heterocycles. The first-order valence-electron chi connectivity index (χ1n) is 8.84. The molecular weight excluding hydrogens is 407 g/mol. The third-order valence-corrected chi connectivity index (χ3v) is 5.27. The van der Waals surface area contributed by atoms with Gasteiger partial charge in [-0.3, -0.25) is 4.79 Å². The van der Waals surface area contributed by atoms with Crippen LogP contribution in [0.2, 0.25) is 10.0 Å². The fourth-order valence-corrected chi connectivity index (χ4v) is 3.39. The van der Waals surface area contributed by atoms with Crippen LogP contribution in [0.15, 0.2) is 59.7 Å². The van der Waals surface area contributed by atoms with Gasteiger partial charge in [0.05, 0.1) is 22.3 Å². The van der Waals surface area contributed by atoms with Crippen molar-refractivity contribution in [3.8, 4) is 11.8 Å². The van der Waals surface area contributed by atoms with Crippen molar-refractivity contribution < 1.29 is 4.79 Å². The number of hydrogen-bond acceptors (Lipinski definition) is 3. The number of halogens is 2. The SMILES string of the molecule is Cc1cc(/C=N\NC(=O)[C@@H](C#N)c2ccccc2)c(C)n1-c1ccc(Cl)c(Cl)c1. The fourth-order valence-electron chi connectivity index (χ4n) is 3.10. The summed E-state index contributed by atoms with van der Waals surface area (Å²) in [7, 11) is 0. The van der Waals surface area contributed by atoms with Crippen molar-refractivity contribution in [2.45, 2.75) is 19.8 Å². The van der Waals surface area contributed by atoms with Crippen LogP contribution in [0.4, 0.5) is 0 Å². The Morgan fingerprint density at radius 2 is 1.86 bits per heavy atom. The largest absolute Gasteiger partial charge is 0.318 e. The highest BCUT2D eigenvalue weighted by atomic mass is 35.5. The highest BCUT2D eigenvalue weighted by molar-refractivity contribution is 6.42. The Morgan fingerprint density at radius 3 is 2.52 bits per heavy atom. The summed E-state index contributed by atoms with van der Waals surface area (Å²) in [6.45, 7) is 3.91. The molecule has 5 nitrogen and oxygen atoms in total. The molecule has 146 valence electrons. The summed E-state index contributed by atoms with van der Waals surface area (Å²) in [4.78, 5) is 12.3. The highest BCUT2D eigenvalue weighted by Gasteiger charge is 2.19. The molecular formula is C22H18Cl2N4O. The molecule has 0 bridgehead atoms. The van der Waals surface area contributed by atoms with Crippen LogP contribution in [-0.2, 0) is 4.79 Å². The first-order valence-corrected chi connectivity index (χ1v) is 9.60. The first-order chi connectivity index (χ1) is 13.9. The molecule has 2 aromatic carbocycles. The molecule has 3 aromatic rings. The van der Waals surface area contributed by atoms with Crippen LogP contribution in [-0.4, -0.2) is 16.7 Å². The Kier molecular flexibility index (Phi) is 6.38. The van der Waals surface area contributed by atoms with Gasteiger partial charge in [-0.1, -0.05) is 53.5 Å². The van der Waals surface area contributed by atoms with Crippen LogP contribution in [0.5, 0.6) is 0 Å². The number of aryl methyl sites for hydroxylation is 1. The quantitative estimate of drug-likeness (QED) is 0.453. The number of benzene rings is 2. The molecule has 1 atom stereocenters. The van der Waals surface area contributed by atoms with E-state index in [0.717, 1.165) is 22.6 Å². The van der Waals surface area contributed by atoms with E-state index < -0.39 is 11.8 Å². The molecule has 0 radical (unpaired) electrons. The van der Waals surface area contributed by atoms with Crippen molar-refractivity contribution in [2.75, 3.05) is 0 Å². The minimum Gasteiger partial charge on any atom is -0.318 e. The highest BCUT2D eigenvalue weighted by Crippen LogP contribution is 2.27. The number of nitriles is 1. The normalized spacial score (nSPS) is 12.0. The molecule has 1 aromatic heterocycles. The number of nitrogens with one attached hydrogen (secondary N) is 1. The topological polar surface area (TPSA) is 70.2 Å². The summed E-state index contributed by atoms with van der Waals surface area (Å²) in [5.41, 5.74) is 6.70. The van der Waals surface area contributed by atoms with Gasteiger partial charge in [0.1, 0.15) is 0 Å². The van der Waals surface area contributed by atoms with Gasteiger partial charge in [0.25, 0.3) is 5.91 Å². The standard InChI is InChI=1S/C22H18Cl2N4O/c1-14-10-17(15(2)28(14)18-8-9-20(23)21(24)11-18)13-26-27-22(29)19(12-25)16-6-4-3-5-7-16/h3-11,13,19H,1-2H3,(H,27,29)/b26-13-/t19-/m0/s1. The zero-order valence-corrected chi connectivity index (χ0v) is 17.4. The molecule has 3 rings (SSSR count). The molecule has 0 aliphatic carbocycles. The van der Waals surface area contributed by atoms with Crippen molar-refractivity contribution in [1.29, 1.82) is 5.26 Å². The zero-order chi connectivity index (χ0) is 21.0. The molecule has 1 N–H and O–H groups in total. The molecule has 0 unspecified atom stereocenters. The number of hydrogen-bond donors (Lipinski definition) is 1. The van der Waals surface area contributed by atoms with Gasteiger partial charge in [-0.2, -0.15) is 10.4 Å². The van der Waals surface area contributed by atoms with E-state index in [2.05, 4.69) is 10.5 Å². The van der Waals surface area contributed by atoms with E-state index in [-0.39, 0.29) is 0 Å². The number of amides is 1. The van der Waals surface area contributed by atoms with Gasteiger partial charge in [-0.15, -0.1) is 0 Å². The maximum atomic E-state index is 12.3. The summed E-state index contributed by atoms with van der Waals surface area (Å²) in [6.07, 6.45) is 1.56. The Bertz CT molecular complexity index is 1110. The lowest BCUT2D eigenvalue weighted by Crippen LogP contribution is -2.24. The van der Waals surface area contributed by atoms with E-state index in [1.165, 1.54) is 0 Å². The van der Waals surface area contributed by atoms with E-state index in [0.29, 0.717) is 15.6 Å². The van der Waals surface area contributed by atoms with Gasteiger partial charge in [-0.05, 0) is 43.7 Å². The minimum atomic E-state index is -0.919. The van der Waals surface area contributed by atoms with Gasteiger partial charge in [0.2, 0.25) is 0 Å². The fraction of sp³-hybridized carbons (Fsp3) is 0.136. The molecule has 1 heterocycles. The van der Waals surface area contributed by atoms with Crippen LogP contribution in [0.3, 0.4) is 0 Å². The third kappa shape index (κ3) is 4.51. The maximum Gasteiger partial charge on any atom is 0.261 e. The van der Waals surface area contributed by atoms with Gasteiger partial charge in [0.15, 0.2) is 5.92 Å². The number of hydrazone groups is 1. The van der Waals surface area contributed by atoms with E-state index in [4.69, 9.17) is 23.2 Å². The van der Waals surface area contributed by atoms with E-state index in [1.807, 2.05) is 42.7 Å². The average Bonchev–Trinajstić information content (AvgIpc) is 2.99. The molecule has 0 aliphatic rings. The van der Waals surface area contributed by atoms with Crippen LogP contribution in [0.1, 0.15) is 28.4 Å². The summed E-state index contributed by atoms with van der Waals surface area (Å²) in [6, 6.07) is 18.3. The van der Waals surface area contributed by atoms with Gasteiger partial charge >= 0.3 is 0 Å². The van der Waals surface area contributed by atoms with Crippen molar-refractivity contribution in [3.05, 3.63) is 87.2 Å². The Labute approximate surface area is 179 Å². The summed E-state index contributed by atoms with van der Waals surface area (Å²) < 4.78 is 2.02. The Hall–Kier alpha value is -3.07. The number of carbonyl (C=O) groups is 1. The van der Waals surface area contributed by atoms with Gasteiger partial charge in [-0.25, -0.2) is 5.43 Å². The van der Waals surface area contributed by atoms with E-state index in [9.17, 15) is 10.1 Å². The number of aromatic nitrogens is 1. The van der Waals surface area contributed by atoms with Crippen molar-refractivity contribution in [1.82, 2.24) is 9.99 Å². The molecule has 0 saturated heterocycles. The second kappa shape index (κ2) is 8.95. The smallest absolute Gasteiger partial charge is 0.261 e. The molecule has 0 saturated carbocycles. The predicted octanol–water partition coefficient (Wildman–Crippen LogP) is 5.16. The van der Waals surface area contributed by atoms with Crippen LogP contribution in [0.25, 0.3) is 5.69 Å². The molecule has 0 spiro atoms. The van der Waals surface area contributed by atoms with Crippen LogP contribution in [0, 0.1) is 25.2 Å². The minimum absolute atomic E-state index is 0.475. The number of nitrogens with zero attached hydrogens (tertiary/aromatic N) is 3. The van der Waals surface area contributed by atoms with Gasteiger partial charge in [0, 0.05) is 22.6 Å². The lowest BCUT2D eigenvalue weighted by Gasteiger charge is -2.10. The lowest BCUT2D eigenvalue weighted by molar-refractivity contribution is -0.121. The lowest BCUT2D eigenvalue weighted by atomic mass is 10.0. The van der Waals surface area contributed by atoms with Crippen molar-refractivity contribution in [3.63, 3.8) is 0 Å². The predicted molar refractivity (Wildman–Crippen MR) is 116 cm³/mol. The average molecular weight is 425 g/mol. The number of carbonyl (C=O) groups excluding carboxylic acids is 1. The zero-order valence-electron chi connectivity index (χ0n) is 15.9. The first kappa shape index (κ1) is 20.7. The third-order valence-electron chi connectivity index (χ3n) is 4.53. The summed E-state index contributed by atoms with van der Waals surface area (Å²) >= 11 is 12.1. The molecule has 29 heavy (non-hydrogen) atoms.